The minimum atomic E-state index is 0.423. The molecule has 0 amide bonds. The number of methoxy groups -OCH3 is 1. The molecule has 0 aromatic carbocycles. The summed E-state index contributed by atoms with van der Waals surface area (Å²) in [4.78, 5) is 8.25. The minimum absolute atomic E-state index is 0.423. The van der Waals surface area contributed by atoms with Crippen molar-refractivity contribution in [1.82, 2.24) is 9.97 Å². The number of nitrogen functional groups attached to an aromatic ring is 1. The van der Waals surface area contributed by atoms with Gasteiger partial charge in [-0.1, -0.05) is 19.8 Å². The lowest BCUT2D eigenvalue weighted by Gasteiger charge is -2.19. The third-order valence-corrected chi connectivity index (χ3v) is 3.29. The molecule has 4 N–H and O–H groups in total. The second kappa shape index (κ2) is 5.86. The fourth-order valence-electron chi connectivity index (χ4n) is 2.05. The molecule has 1 unspecified atom stereocenters. The number of aromatic nitrogens is 2. The predicted octanol–water partition coefficient (Wildman–Crippen LogP) is 1.76. The molecule has 0 spiro atoms. The van der Waals surface area contributed by atoms with Gasteiger partial charge in [0.05, 0.1) is 7.11 Å². The van der Waals surface area contributed by atoms with E-state index in [1.165, 1.54) is 25.6 Å². The Labute approximate surface area is 107 Å². The van der Waals surface area contributed by atoms with Gasteiger partial charge < -0.3 is 15.5 Å². The van der Waals surface area contributed by atoms with Crippen LogP contribution < -0.4 is 21.3 Å². The third-order valence-electron chi connectivity index (χ3n) is 3.29. The first-order valence-corrected chi connectivity index (χ1v) is 6.40. The van der Waals surface area contributed by atoms with Gasteiger partial charge in [-0.2, -0.15) is 0 Å². The standard InChI is InChI=1S/C12H21N5O/c1-3-9(6-8-4-5-8)16-11-10(18-2)12(17-13)15-7-14-11/h7-9H,3-6,13H2,1-2H3,(H2,14,15,16,17). The molecular formula is C12H21N5O. The Morgan fingerprint density at radius 3 is 2.72 bits per heavy atom. The SMILES string of the molecule is CCC(CC1CC1)Nc1ncnc(NN)c1OC. The second-order valence-corrected chi connectivity index (χ2v) is 4.68. The highest BCUT2D eigenvalue weighted by molar-refractivity contribution is 5.63. The van der Waals surface area contributed by atoms with Crippen molar-refractivity contribution >= 4 is 11.6 Å². The van der Waals surface area contributed by atoms with Gasteiger partial charge in [-0.05, 0) is 18.8 Å². The Hall–Kier alpha value is -1.56. The molecule has 0 bridgehead atoms. The number of nitrogens with one attached hydrogen (secondary N) is 2. The number of hydrazine groups is 1. The van der Waals surface area contributed by atoms with E-state index in [2.05, 4.69) is 27.6 Å². The Morgan fingerprint density at radius 2 is 2.17 bits per heavy atom. The normalized spacial score (nSPS) is 16.2. The molecule has 0 radical (unpaired) electrons. The van der Waals surface area contributed by atoms with Crippen molar-refractivity contribution in [2.24, 2.45) is 11.8 Å². The Balaban J connectivity index is 2.10. The summed E-state index contributed by atoms with van der Waals surface area (Å²) in [6.07, 6.45) is 6.44. The molecule has 6 nitrogen and oxygen atoms in total. The van der Waals surface area contributed by atoms with Gasteiger partial charge in [0.25, 0.3) is 0 Å². The number of hydrogen-bond donors (Lipinski definition) is 3. The monoisotopic (exact) mass is 251 g/mol. The van der Waals surface area contributed by atoms with Gasteiger partial charge in [-0.25, -0.2) is 15.8 Å². The van der Waals surface area contributed by atoms with Gasteiger partial charge >= 0.3 is 0 Å². The Kier molecular flexibility index (Phi) is 4.19. The van der Waals surface area contributed by atoms with E-state index in [9.17, 15) is 0 Å². The van der Waals surface area contributed by atoms with Crippen molar-refractivity contribution in [3.8, 4) is 5.75 Å². The molecule has 1 saturated carbocycles. The number of hydrogen-bond acceptors (Lipinski definition) is 6. The summed E-state index contributed by atoms with van der Waals surface area (Å²) in [6, 6.07) is 0.423. The molecule has 6 heteroatoms. The van der Waals surface area contributed by atoms with E-state index in [1.54, 1.807) is 7.11 Å². The third kappa shape index (κ3) is 3.01. The van der Waals surface area contributed by atoms with E-state index < -0.39 is 0 Å². The van der Waals surface area contributed by atoms with Crippen LogP contribution in [0.4, 0.5) is 11.6 Å². The molecular weight excluding hydrogens is 230 g/mol. The second-order valence-electron chi connectivity index (χ2n) is 4.68. The molecule has 18 heavy (non-hydrogen) atoms. The van der Waals surface area contributed by atoms with Gasteiger partial charge in [0.1, 0.15) is 6.33 Å². The van der Waals surface area contributed by atoms with Gasteiger partial charge in [-0.15, -0.1) is 0 Å². The molecule has 100 valence electrons. The molecule has 1 aromatic rings. The zero-order chi connectivity index (χ0) is 13.0. The van der Waals surface area contributed by atoms with Crippen LogP contribution in [0.1, 0.15) is 32.6 Å². The molecule has 1 heterocycles. The summed E-state index contributed by atoms with van der Waals surface area (Å²) in [5.41, 5.74) is 2.52. The van der Waals surface area contributed by atoms with E-state index in [1.807, 2.05) is 0 Å². The Bertz CT molecular complexity index is 394. The first kappa shape index (κ1) is 12.9. The summed E-state index contributed by atoms with van der Waals surface area (Å²) in [6.45, 7) is 2.18. The number of nitrogens with zero attached hydrogens (tertiary/aromatic N) is 2. The first-order chi connectivity index (χ1) is 8.78. The summed E-state index contributed by atoms with van der Waals surface area (Å²) in [7, 11) is 1.59. The maximum Gasteiger partial charge on any atom is 0.205 e. The maximum atomic E-state index is 5.40. The molecule has 1 aliphatic carbocycles. The number of nitrogens with two attached hydrogens (primary N) is 1. The lowest BCUT2D eigenvalue weighted by Crippen LogP contribution is -2.21. The van der Waals surface area contributed by atoms with Crippen molar-refractivity contribution in [2.45, 2.75) is 38.6 Å². The molecule has 1 aliphatic rings. The van der Waals surface area contributed by atoms with Gasteiger partial charge in [0, 0.05) is 6.04 Å². The molecule has 2 rings (SSSR count). The van der Waals surface area contributed by atoms with Crippen LogP contribution in [0.5, 0.6) is 5.75 Å². The summed E-state index contributed by atoms with van der Waals surface area (Å²) < 4.78 is 5.30. The zero-order valence-electron chi connectivity index (χ0n) is 10.9. The molecule has 1 aromatic heterocycles. The quantitative estimate of drug-likeness (QED) is 0.506. The topological polar surface area (TPSA) is 85.1 Å². The van der Waals surface area contributed by atoms with Gasteiger partial charge in [0.15, 0.2) is 11.6 Å². The van der Waals surface area contributed by atoms with Crippen LogP contribution in [-0.2, 0) is 0 Å². The van der Waals surface area contributed by atoms with Crippen molar-refractivity contribution in [3.05, 3.63) is 6.33 Å². The highest BCUT2D eigenvalue weighted by atomic mass is 16.5. The van der Waals surface area contributed by atoms with Crippen molar-refractivity contribution in [1.29, 1.82) is 0 Å². The highest BCUT2D eigenvalue weighted by Gasteiger charge is 2.25. The predicted molar refractivity (Wildman–Crippen MR) is 71.4 cm³/mol. The smallest absolute Gasteiger partial charge is 0.205 e. The van der Waals surface area contributed by atoms with Crippen LogP contribution in [-0.4, -0.2) is 23.1 Å². The van der Waals surface area contributed by atoms with Gasteiger partial charge in [-0.3, -0.25) is 0 Å². The maximum absolute atomic E-state index is 5.40. The van der Waals surface area contributed by atoms with Crippen LogP contribution >= 0.6 is 0 Å². The number of anilines is 2. The first-order valence-electron chi connectivity index (χ1n) is 6.40. The summed E-state index contributed by atoms with van der Waals surface area (Å²) >= 11 is 0. The van der Waals surface area contributed by atoms with Crippen LogP contribution in [0.15, 0.2) is 6.33 Å². The zero-order valence-corrected chi connectivity index (χ0v) is 10.9. The summed E-state index contributed by atoms with van der Waals surface area (Å²) in [5, 5.41) is 3.42. The molecule has 1 atom stereocenters. The van der Waals surface area contributed by atoms with E-state index in [0.717, 1.165) is 12.3 Å². The van der Waals surface area contributed by atoms with E-state index in [-0.39, 0.29) is 0 Å². The lowest BCUT2D eigenvalue weighted by molar-refractivity contribution is 0.413. The van der Waals surface area contributed by atoms with E-state index in [0.29, 0.717) is 23.4 Å². The average Bonchev–Trinajstić information content (AvgIpc) is 3.21. The van der Waals surface area contributed by atoms with Crippen molar-refractivity contribution < 1.29 is 4.74 Å². The number of rotatable bonds is 7. The lowest BCUT2D eigenvalue weighted by atomic mass is 10.1. The highest BCUT2D eigenvalue weighted by Crippen LogP contribution is 2.36. The molecule has 1 fully saturated rings. The average molecular weight is 251 g/mol. The van der Waals surface area contributed by atoms with E-state index in [4.69, 9.17) is 10.6 Å². The van der Waals surface area contributed by atoms with E-state index >= 15 is 0 Å². The summed E-state index contributed by atoms with van der Waals surface area (Å²) in [5.74, 6) is 8.04. The Morgan fingerprint density at radius 1 is 1.44 bits per heavy atom. The van der Waals surface area contributed by atoms with Crippen LogP contribution in [0.3, 0.4) is 0 Å². The molecule has 0 aliphatic heterocycles. The minimum Gasteiger partial charge on any atom is -0.490 e. The van der Waals surface area contributed by atoms with Crippen molar-refractivity contribution in [2.75, 3.05) is 17.9 Å². The largest absolute Gasteiger partial charge is 0.490 e. The fourth-order valence-corrected chi connectivity index (χ4v) is 2.05. The number of ether oxygens (including phenoxy) is 1. The van der Waals surface area contributed by atoms with Crippen LogP contribution in [0, 0.1) is 5.92 Å². The van der Waals surface area contributed by atoms with Gasteiger partial charge in [0.2, 0.25) is 5.75 Å². The van der Waals surface area contributed by atoms with Crippen LogP contribution in [0.25, 0.3) is 0 Å². The fraction of sp³-hybridized carbons (Fsp3) is 0.667. The van der Waals surface area contributed by atoms with Crippen molar-refractivity contribution in [3.63, 3.8) is 0 Å². The molecule has 0 saturated heterocycles. The van der Waals surface area contributed by atoms with Crippen LogP contribution in [0.2, 0.25) is 0 Å².